The summed E-state index contributed by atoms with van der Waals surface area (Å²) in [4.78, 5) is 40.8. The number of carbonyl (C=O) groups is 1. The number of nitrogens with zero attached hydrogens (tertiary/aromatic N) is 2. The van der Waals surface area contributed by atoms with E-state index in [1.807, 2.05) is 0 Å². The van der Waals surface area contributed by atoms with Crippen LogP contribution in [0.25, 0.3) is 21.3 Å². The van der Waals surface area contributed by atoms with Gasteiger partial charge >= 0.3 is 5.69 Å². The number of nitrogens with one attached hydrogen (secondary N) is 3. The summed E-state index contributed by atoms with van der Waals surface area (Å²) >= 11 is 2.97. The summed E-state index contributed by atoms with van der Waals surface area (Å²) in [6, 6.07) is 5.22. The molecule has 0 bridgehead atoms. The van der Waals surface area contributed by atoms with Gasteiger partial charge in [0, 0.05) is 10.6 Å². The summed E-state index contributed by atoms with van der Waals surface area (Å²) in [6.07, 6.45) is 4.49. The zero-order valence-electron chi connectivity index (χ0n) is 16.2. The molecule has 30 heavy (non-hydrogen) atoms. The van der Waals surface area contributed by atoms with E-state index in [2.05, 4.69) is 25.3 Å². The van der Waals surface area contributed by atoms with Crippen LogP contribution in [0.2, 0.25) is 0 Å². The molecule has 5 N–H and O–H groups in total. The third kappa shape index (κ3) is 3.46. The lowest BCUT2D eigenvalue weighted by Gasteiger charge is -2.12. The van der Waals surface area contributed by atoms with Crippen molar-refractivity contribution in [1.29, 1.82) is 0 Å². The molecular formula is C20H20N6O2S2. The van der Waals surface area contributed by atoms with Gasteiger partial charge in [-0.1, -0.05) is 11.8 Å². The first kappa shape index (κ1) is 19.1. The number of aryl methyl sites for hydroxylation is 2. The SMILES string of the molecule is CC(Sc1nc(N)c2c3c(sc2n1)CCCC3)C(=O)Nc1ccc2[nH]c(=O)[nH]c2c1. The van der Waals surface area contributed by atoms with E-state index in [9.17, 15) is 9.59 Å². The van der Waals surface area contributed by atoms with Crippen LogP contribution in [0.5, 0.6) is 0 Å². The molecule has 3 aromatic heterocycles. The Morgan fingerprint density at radius 3 is 2.90 bits per heavy atom. The van der Waals surface area contributed by atoms with Gasteiger partial charge in [0.25, 0.3) is 0 Å². The van der Waals surface area contributed by atoms with Crippen molar-refractivity contribution < 1.29 is 4.79 Å². The number of H-pyrrole nitrogens is 2. The maximum Gasteiger partial charge on any atom is 0.323 e. The third-order valence-electron chi connectivity index (χ3n) is 5.26. The van der Waals surface area contributed by atoms with E-state index in [0.717, 1.165) is 23.1 Å². The highest BCUT2D eigenvalue weighted by Gasteiger charge is 2.22. The number of anilines is 2. The van der Waals surface area contributed by atoms with Crippen LogP contribution in [-0.4, -0.2) is 31.1 Å². The largest absolute Gasteiger partial charge is 0.383 e. The molecule has 10 heteroatoms. The van der Waals surface area contributed by atoms with Crippen molar-refractivity contribution >= 4 is 61.8 Å². The van der Waals surface area contributed by atoms with E-state index in [0.29, 0.717) is 27.7 Å². The van der Waals surface area contributed by atoms with Gasteiger partial charge in [-0.05, 0) is 56.4 Å². The minimum Gasteiger partial charge on any atom is -0.383 e. The molecule has 1 aromatic carbocycles. The quantitative estimate of drug-likeness (QED) is 0.284. The number of benzene rings is 1. The van der Waals surface area contributed by atoms with Gasteiger partial charge < -0.3 is 21.0 Å². The standard InChI is InChI=1S/C20H20N6O2S2/c1-9(17(27)22-10-6-7-12-13(8-10)24-19(28)23-12)29-20-25-16(21)15-11-4-2-3-5-14(11)30-18(15)26-20/h6-9H,2-5H2,1H3,(H,22,27)(H2,21,25,26)(H2,23,24,28). The molecule has 1 atom stereocenters. The summed E-state index contributed by atoms with van der Waals surface area (Å²) in [7, 11) is 0. The van der Waals surface area contributed by atoms with Crippen LogP contribution >= 0.6 is 23.1 Å². The van der Waals surface area contributed by atoms with E-state index in [4.69, 9.17) is 5.73 Å². The Balaban J connectivity index is 1.34. The van der Waals surface area contributed by atoms with E-state index < -0.39 is 5.25 Å². The number of aromatic amines is 2. The highest BCUT2D eigenvalue weighted by molar-refractivity contribution is 8.00. The Morgan fingerprint density at radius 1 is 1.23 bits per heavy atom. The average molecular weight is 441 g/mol. The molecular weight excluding hydrogens is 420 g/mol. The first-order chi connectivity index (χ1) is 14.5. The van der Waals surface area contributed by atoms with E-state index in [1.54, 1.807) is 36.5 Å². The first-order valence-electron chi connectivity index (χ1n) is 9.75. The molecule has 154 valence electrons. The number of aromatic nitrogens is 4. The van der Waals surface area contributed by atoms with Crippen molar-refractivity contribution in [2.24, 2.45) is 0 Å². The summed E-state index contributed by atoms with van der Waals surface area (Å²) in [6.45, 7) is 1.81. The second-order valence-electron chi connectivity index (χ2n) is 7.37. The molecule has 3 heterocycles. The maximum absolute atomic E-state index is 12.7. The van der Waals surface area contributed by atoms with Crippen LogP contribution in [0.1, 0.15) is 30.2 Å². The number of rotatable bonds is 4. The van der Waals surface area contributed by atoms with Crippen molar-refractivity contribution in [3.05, 3.63) is 39.1 Å². The second-order valence-corrected chi connectivity index (χ2v) is 9.76. The minimum absolute atomic E-state index is 0.176. The molecule has 8 nitrogen and oxygen atoms in total. The lowest BCUT2D eigenvalue weighted by molar-refractivity contribution is -0.115. The zero-order valence-corrected chi connectivity index (χ0v) is 17.9. The Bertz CT molecular complexity index is 1340. The molecule has 0 fully saturated rings. The van der Waals surface area contributed by atoms with Crippen LogP contribution in [0, 0.1) is 0 Å². The molecule has 0 radical (unpaired) electrons. The summed E-state index contributed by atoms with van der Waals surface area (Å²) < 4.78 is 0. The number of thiophene rings is 1. The Morgan fingerprint density at radius 2 is 2.03 bits per heavy atom. The van der Waals surface area contributed by atoms with Crippen LogP contribution < -0.4 is 16.7 Å². The summed E-state index contributed by atoms with van der Waals surface area (Å²) in [5.74, 6) is 0.321. The monoisotopic (exact) mass is 440 g/mol. The number of hydrogen-bond donors (Lipinski definition) is 4. The van der Waals surface area contributed by atoms with Gasteiger partial charge in [0.15, 0.2) is 5.16 Å². The molecule has 1 aliphatic carbocycles. The smallest absolute Gasteiger partial charge is 0.323 e. The molecule has 1 unspecified atom stereocenters. The van der Waals surface area contributed by atoms with Crippen molar-refractivity contribution in [2.75, 3.05) is 11.1 Å². The van der Waals surface area contributed by atoms with Crippen molar-refractivity contribution in [3.63, 3.8) is 0 Å². The van der Waals surface area contributed by atoms with Gasteiger partial charge in [0.1, 0.15) is 10.6 Å². The van der Waals surface area contributed by atoms with Gasteiger partial charge in [0.2, 0.25) is 5.91 Å². The summed E-state index contributed by atoms with van der Waals surface area (Å²) in [5, 5.41) is 3.95. The number of thioether (sulfide) groups is 1. The number of amides is 1. The van der Waals surface area contributed by atoms with E-state index in [1.165, 1.54) is 35.0 Å². The van der Waals surface area contributed by atoms with Crippen molar-refractivity contribution in [2.45, 2.75) is 43.0 Å². The highest BCUT2D eigenvalue weighted by Crippen LogP contribution is 2.39. The van der Waals surface area contributed by atoms with Gasteiger partial charge in [-0.3, -0.25) is 4.79 Å². The van der Waals surface area contributed by atoms with E-state index >= 15 is 0 Å². The fourth-order valence-electron chi connectivity index (χ4n) is 3.78. The summed E-state index contributed by atoms with van der Waals surface area (Å²) in [5.41, 5.74) is 9.23. The molecule has 0 saturated carbocycles. The van der Waals surface area contributed by atoms with Gasteiger partial charge in [-0.25, -0.2) is 14.8 Å². The highest BCUT2D eigenvalue weighted by atomic mass is 32.2. The fourth-order valence-corrected chi connectivity index (χ4v) is 5.89. The van der Waals surface area contributed by atoms with Crippen molar-refractivity contribution in [1.82, 2.24) is 19.9 Å². The van der Waals surface area contributed by atoms with Gasteiger partial charge in [-0.15, -0.1) is 11.3 Å². The number of carbonyl (C=O) groups excluding carboxylic acids is 1. The van der Waals surface area contributed by atoms with Crippen LogP contribution in [-0.2, 0) is 17.6 Å². The van der Waals surface area contributed by atoms with Crippen LogP contribution in [0.15, 0.2) is 28.2 Å². The number of imidazole rings is 1. The topological polar surface area (TPSA) is 130 Å². The van der Waals surface area contributed by atoms with Crippen molar-refractivity contribution in [3.8, 4) is 0 Å². The predicted octanol–water partition coefficient (Wildman–Crippen LogP) is 3.44. The maximum atomic E-state index is 12.7. The Hall–Kier alpha value is -2.85. The average Bonchev–Trinajstić information content (AvgIpc) is 3.26. The predicted molar refractivity (Wildman–Crippen MR) is 121 cm³/mol. The molecule has 5 rings (SSSR count). The second kappa shape index (κ2) is 7.44. The third-order valence-corrected chi connectivity index (χ3v) is 7.40. The normalized spacial score (nSPS) is 14.7. The van der Waals surface area contributed by atoms with E-state index in [-0.39, 0.29) is 11.6 Å². The molecule has 1 aliphatic rings. The first-order valence-corrected chi connectivity index (χ1v) is 11.4. The van der Waals surface area contributed by atoms with Gasteiger partial charge in [-0.2, -0.15) is 0 Å². The molecule has 0 spiro atoms. The fraction of sp³-hybridized carbons (Fsp3) is 0.300. The number of hydrogen-bond acceptors (Lipinski definition) is 7. The lowest BCUT2D eigenvalue weighted by Crippen LogP contribution is -2.22. The number of nitrogens with two attached hydrogens (primary N) is 1. The molecule has 1 amide bonds. The lowest BCUT2D eigenvalue weighted by atomic mass is 9.97. The molecule has 4 aromatic rings. The molecule has 0 aliphatic heterocycles. The van der Waals surface area contributed by atoms with Gasteiger partial charge in [0.05, 0.1) is 21.7 Å². The number of fused-ring (bicyclic) bond motifs is 4. The zero-order chi connectivity index (χ0) is 20.8. The Kier molecular flexibility index (Phi) is 4.75. The molecule has 0 saturated heterocycles. The Labute approximate surface area is 179 Å². The minimum atomic E-state index is -0.419. The van der Waals surface area contributed by atoms with Crippen LogP contribution in [0.3, 0.4) is 0 Å². The number of nitrogen functional groups attached to an aromatic ring is 1. The van der Waals surface area contributed by atoms with Crippen LogP contribution in [0.4, 0.5) is 11.5 Å².